The molecule has 2 rings (SSSR count). The van der Waals surface area contributed by atoms with Crippen LogP contribution in [0.1, 0.15) is 38.3 Å². The zero-order chi connectivity index (χ0) is 15.6. The second-order valence-corrected chi connectivity index (χ2v) is 7.14. The van der Waals surface area contributed by atoms with E-state index in [9.17, 15) is 5.21 Å². The monoisotopic (exact) mass is 377 g/mol. The fourth-order valence-corrected chi connectivity index (χ4v) is 3.46. The van der Waals surface area contributed by atoms with Crippen LogP contribution in [-0.4, -0.2) is 36.1 Å². The summed E-state index contributed by atoms with van der Waals surface area (Å²) in [6.45, 7) is 5.22. The van der Waals surface area contributed by atoms with Crippen molar-refractivity contribution in [3.05, 3.63) is 27.2 Å². The third-order valence-corrected chi connectivity index (χ3v) is 4.75. The first-order valence-corrected chi connectivity index (χ1v) is 8.13. The van der Waals surface area contributed by atoms with Crippen molar-refractivity contribution < 1.29 is 14.7 Å². The second kappa shape index (κ2) is 6.84. The summed E-state index contributed by atoms with van der Waals surface area (Å²) >= 11 is 9.73. The second-order valence-electron chi connectivity index (χ2n) is 5.88. The van der Waals surface area contributed by atoms with Crippen LogP contribution >= 0.6 is 27.5 Å². The van der Waals surface area contributed by atoms with Gasteiger partial charge in [-0.25, -0.2) is 0 Å². The number of hydrogen-bond donors (Lipinski definition) is 1. The van der Waals surface area contributed by atoms with Gasteiger partial charge in [-0.1, -0.05) is 27.5 Å². The zero-order valence-electron chi connectivity index (χ0n) is 12.5. The van der Waals surface area contributed by atoms with Gasteiger partial charge in [0.2, 0.25) is 0 Å². The van der Waals surface area contributed by atoms with E-state index >= 15 is 0 Å². The first-order valence-electron chi connectivity index (χ1n) is 6.95. The molecule has 0 aliphatic carbocycles. The van der Waals surface area contributed by atoms with Gasteiger partial charge in [0.15, 0.2) is 0 Å². The summed E-state index contributed by atoms with van der Waals surface area (Å²) in [4.78, 5) is 0. The minimum atomic E-state index is -0.191. The number of methoxy groups -OCH3 is 1. The molecule has 1 atom stereocenters. The standard InChI is InChI=1S/C15H21BrClNO3/c1-15(2)9-13(18(15)19)10-7-14(12(17)8-11(10)16)21-6-4-5-20-3/h7-8,13,19H,4-6,9H2,1-3H3. The molecule has 0 saturated carbocycles. The largest absolute Gasteiger partial charge is 0.492 e. The van der Waals surface area contributed by atoms with Gasteiger partial charge in [-0.2, -0.15) is 5.06 Å². The van der Waals surface area contributed by atoms with E-state index < -0.39 is 0 Å². The summed E-state index contributed by atoms with van der Waals surface area (Å²) in [5, 5.41) is 12.1. The smallest absolute Gasteiger partial charge is 0.138 e. The van der Waals surface area contributed by atoms with Crippen molar-refractivity contribution in [3.63, 3.8) is 0 Å². The first kappa shape index (κ1) is 17.0. The molecule has 1 aromatic rings. The average molecular weight is 379 g/mol. The van der Waals surface area contributed by atoms with E-state index in [4.69, 9.17) is 21.1 Å². The Labute approximate surface area is 139 Å². The molecule has 1 aliphatic rings. The van der Waals surface area contributed by atoms with Gasteiger partial charge in [-0.15, -0.1) is 0 Å². The zero-order valence-corrected chi connectivity index (χ0v) is 14.9. The molecule has 1 N–H and O–H groups in total. The van der Waals surface area contributed by atoms with Crippen LogP contribution in [0.25, 0.3) is 0 Å². The normalized spacial score (nSPS) is 21.1. The number of hydrogen-bond acceptors (Lipinski definition) is 4. The van der Waals surface area contributed by atoms with Crippen LogP contribution in [0.15, 0.2) is 16.6 Å². The summed E-state index contributed by atoms with van der Waals surface area (Å²) in [7, 11) is 1.67. The molecule has 1 unspecified atom stereocenters. The van der Waals surface area contributed by atoms with E-state index in [1.165, 1.54) is 5.06 Å². The lowest BCUT2D eigenvalue weighted by atomic mass is 9.81. The van der Waals surface area contributed by atoms with Crippen LogP contribution in [-0.2, 0) is 4.74 Å². The Morgan fingerprint density at radius 3 is 2.71 bits per heavy atom. The SMILES string of the molecule is COCCCOc1cc(C2CC(C)(C)N2O)c(Br)cc1Cl. The van der Waals surface area contributed by atoms with Crippen LogP contribution in [0.2, 0.25) is 5.02 Å². The van der Waals surface area contributed by atoms with Gasteiger partial charge in [0.1, 0.15) is 5.75 Å². The van der Waals surface area contributed by atoms with E-state index in [0.717, 1.165) is 22.9 Å². The Balaban J connectivity index is 2.12. The lowest BCUT2D eigenvalue weighted by molar-refractivity contribution is -0.265. The Kier molecular flexibility index (Phi) is 5.54. The van der Waals surface area contributed by atoms with Gasteiger partial charge in [0.05, 0.1) is 17.7 Å². The quantitative estimate of drug-likeness (QED) is 0.743. The molecule has 0 bridgehead atoms. The van der Waals surface area contributed by atoms with Crippen LogP contribution in [0, 0.1) is 0 Å². The molecule has 0 aromatic heterocycles. The minimum absolute atomic E-state index is 0.0343. The summed E-state index contributed by atoms with van der Waals surface area (Å²) in [6.07, 6.45) is 1.69. The highest BCUT2D eigenvalue weighted by atomic mass is 79.9. The Bertz CT molecular complexity index is 510. The molecule has 21 heavy (non-hydrogen) atoms. The van der Waals surface area contributed by atoms with Crippen molar-refractivity contribution in [2.24, 2.45) is 0 Å². The van der Waals surface area contributed by atoms with Crippen LogP contribution in [0.5, 0.6) is 5.75 Å². The predicted molar refractivity (Wildman–Crippen MR) is 86.2 cm³/mol. The Morgan fingerprint density at radius 2 is 2.14 bits per heavy atom. The summed E-state index contributed by atoms with van der Waals surface area (Å²) in [6, 6.07) is 3.69. The van der Waals surface area contributed by atoms with Gasteiger partial charge in [-0.05, 0) is 38.0 Å². The van der Waals surface area contributed by atoms with Crippen molar-refractivity contribution >= 4 is 27.5 Å². The number of nitrogens with zero attached hydrogens (tertiary/aromatic N) is 1. The number of hydroxylamine groups is 2. The minimum Gasteiger partial charge on any atom is -0.492 e. The van der Waals surface area contributed by atoms with E-state index in [0.29, 0.717) is 24.0 Å². The van der Waals surface area contributed by atoms with E-state index in [-0.39, 0.29) is 11.6 Å². The summed E-state index contributed by atoms with van der Waals surface area (Å²) in [5.41, 5.74) is 0.798. The molecule has 0 amide bonds. The third kappa shape index (κ3) is 3.71. The fourth-order valence-electron chi connectivity index (χ4n) is 2.50. The first-order chi connectivity index (χ1) is 9.86. The van der Waals surface area contributed by atoms with Crippen molar-refractivity contribution in [2.75, 3.05) is 20.3 Å². The van der Waals surface area contributed by atoms with Crippen molar-refractivity contribution in [2.45, 2.75) is 38.3 Å². The molecular formula is C15H21BrClNO3. The molecular weight excluding hydrogens is 358 g/mol. The van der Waals surface area contributed by atoms with Gasteiger partial charge in [0.25, 0.3) is 0 Å². The molecule has 0 spiro atoms. The maximum Gasteiger partial charge on any atom is 0.138 e. The number of benzene rings is 1. The Hall–Kier alpha value is -0.330. The summed E-state index contributed by atoms with van der Waals surface area (Å²) < 4.78 is 11.6. The van der Waals surface area contributed by atoms with Crippen molar-refractivity contribution in [1.29, 1.82) is 0 Å². The maximum atomic E-state index is 10.1. The highest BCUT2D eigenvalue weighted by Crippen LogP contribution is 2.48. The number of halogens is 2. The van der Waals surface area contributed by atoms with Gasteiger partial charge >= 0.3 is 0 Å². The van der Waals surface area contributed by atoms with E-state index in [1.54, 1.807) is 7.11 Å². The lowest BCUT2D eigenvalue weighted by Gasteiger charge is -2.51. The Morgan fingerprint density at radius 1 is 1.43 bits per heavy atom. The highest BCUT2D eigenvalue weighted by molar-refractivity contribution is 9.10. The van der Waals surface area contributed by atoms with Crippen LogP contribution < -0.4 is 4.74 Å². The number of rotatable bonds is 6. The molecule has 118 valence electrons. The van der Waals surface area contributed by atoms with Gasteiger partial charge in [0, 0.05) is 30.1 Å². The molecule has 6 heteroatoms. The van der Waals surface area contributed by atoms with Crippen molar-refractivity contribution in [1.82, 2.24) is 5.06 Å². The fraction of sp³-hybridized carbons (Fsp3) is 0.600. The molecule has 1 heterocycles. The lowest BCUT2D eigenvalue weighted by Crippen LogP contribution is -2.55. The van der Waals surface area contributed by atoms with Crippen LogP contribution in [0.3, 0.4) is 0 Å². The third-order valence-electron chi connectivity index (χ3n) is 3.77. The topological polar surface area (TPSA) is 41.9 Å². The molecule has 4 nitrogen and oxygen atoms in total. The average Bonchev–Trinajstić information content (AvgIpc) is 2.43. The van der Waals surface area contributed by atoms with Gasteiger partial charge in [-0.3, -0.25) is 0 Å². The molecule has 1 fully saturated rings. The molecule has 1 aromatic carbocycles. The van der Waals surface area contributed by atoms with E-state index in [2.05, 4.69) is 15.9 Å². The maximum absolute atomic E-state index is 10.1. The number of ether oxygens (including phenoxy) is 2. The molecule has 1 aliphatic heterocycles. The molecule has 1 saturated heterocycles. The van der Waals surface area contributed by atoms with Crippen LogP contribution in [0.4, 0.5) is 0 Å². The van der Waals surface area contributed by atoms with Gasteiger partial charge < -0.3 is 14.7 Å². The van der Waals surface area contributed by atoms with Crippen molar-refractivity contribution in [3.8, 4) is 5.75 Å². The molecule has 0 radical (unpaired) electrons. The summed E-state index contributed by atoms with van der Waals surface area (Å²) in [5.74, 6) is 0.643. The highest BCUT2D eigenvalue weighted by Gasteiger charge is 2.46. The predicted octanol–water partition coefficient (Wildman–Crippen LogP) is 4.43. The van der Waals surface area contributed by atoms with E-state index in [1.807, 2.05) is 26.0 Å².